The first-order chi connectivity index (χ1) is 3.81. The Labute approximate surface area is 48.5 Å². The highest BCUT2D eigenvalue weighted by Crippen LogP contribution is 1.82. The Balaban J connectivity index is 3.41. The van der Waals surface area contributed by atoms with Gasteiger partial charge >= 0.3 is 0 Å². The SMILES string of the molecule is CC#CC(O)CC=O. The maximum atomic E-state index is 9.66. The van der Waals surface area contributed by atoms with E-state index in [1.54, 1.807) is 6.92 Å². The highest BCUT2D eigenvalue weighted by Gasteiger charge is 1.92. The third kappa shape index (κ3) is 3.38. The smallest absolute Gasteiger partial charge is 0.123 e. The summed E-state index contributed by atoms with van der Waals surface area (Å²) in [6, 6.07) is 0. The van der Waals surface area contributed by atoms with Crippen LogP contribution in [-0.2, 0) is 4.79 Å². The fourth-order valence-corrected chi connectivity index (χ4v) is 0.317. The Kier molecular flexibility index (Phi) is 3.91. The first-order valence-electron chi connectivity index (χ1n) is 2.35. The lowest BCUT2D eigenvalue weighted by Crippen LogP contribution is -2.01. The van der Waals surface area contributed by atoms with Crippen LogP contribution in [0.25, 0.3) is 0 Å². The lowest BCUT2D eigenvalue weighted by Gasteiger charge is -1.90. The van der Waals surface area contributed by atoms with E-state index in [9.17, 15) is 4.79 Å². The Bertz CT molecular complexity index is 118. The molecule has 0 aromatic rings. The van der Waals surface area contributed by atoms with E-state index in [-0.39, 0.29) is 6.42 Å². The zero-order valence-corrected chi connectivity index (χ0v) is 4.72. The van der Waals surface area contributed by atoms with Gasteiger partial charge in [0.15, 0.2) is 0 Å². The first-order valence-corrected chi connectivity index (χ1v) is 2.35. The summed E-state index contributed by atoms with van der Waals surface area (Å²) >= 11 is 0. The molecule has 1 unspecified atom stereocenters. The Morgan fingerprint density at radius 1 is 1.88 bits per heavy atom. The van der Waals surface area contributed by atoms with Gasteiger partial charge in [0.25, 0.3) is 0 Å². The van der Waals surface area contributed by atoms with Crippen molar-refractivity contribution in [3.8, 4) is 11.8 Å². The van der Waals surface area contributed by atoms with Gasteiger partial charge in [-0.05, 0) is 6.92 Å². The summed E-state index contributed by atoms with van der Waals surface area (Å²) in [5.74, 6) is 4.91. The molecular weight excluding hydrogens is 104 g/mol. The molecule has 0 aliphatic rings. The van der Waals surface area contributed by atoms with Gasteiger partial charge in [-0.2, -0.15) is 0 Å². The highest BCUT2D eigenvalue weighted by molar-refractivity contribution is 5.51. The fourth-order valence-electron chi connectivity index (χ4n) is 0.317. The van der Waals surface area contributed by atoms with Gasteiger partial charge in [-0.1, -0.05) is 5.92 Å². The molecule has 0 rings (SSSR count). The largest absolute Gasteiger partial charge is 0.380 e. The van der Waals surface area contributed by atoms with Crippen LogP contribution in [0.1, 0.15) is 13.3 Å². The molecule has 0 radical (unpaired) electrons. The third-order valence-corrected chi connectivity index (χ3v) is 0.630. The van der Waals surface area contributed by atoms with Crippen LogP contribution in [-0.4, -0.2) is 17.5 Å². The number of aldehydes is 1. The van der Waals surface area contributed by atoms with Crippen LogP contribution < -0.4 is 0 Å². The summed E-state index contributed by atoms with van der Waals surface area (Å²) in [5.41, 5.74) is 0. The molecule has 0 aliphatic heterocycles. The molecule has 0 saturated carbocycles. The van der Waals surface area contributed by atoms with E-state index in [0.29, 0.717) is 6.29 Å². The average Bonchev–Trinajstić information content (AvgIpc) is 1.68. The van der Waals surface area contributed by atoms with Gasteiger partial charge in [-0.3, -0.25) is 0 Å². The van der Waals surface area contributed by atoms with Gasteiger partial charge in [-0.25, -0.2) is 0 Å². The van der Waals surface area contributed by atoms with Gasteiger partial charge < -0.3 is 9.90 Å². The zero-order valence-electron chi connectivity index (χ0n) is 4.72. The Hall–Kier alpha value is -0.810. The molecule has 0 saturated heterocycles. The quantitative estimate of drug-likeness (QED) is 0.402. The number of hydrogen-bond donors (Lipinski definition) is 1. The second-order valence-corrected chi connectivity index (χ2v) is 1.31. The zero-order chi connectivity index (χ0) is 6.41. The summed E-state index contributed by atoms with van der Waals surface area (Å²) in [6.07, 6.45) is -0.00644. The maximum Gasteiger partial charge on any atom is 0.123 e. The second-order valence-electron chi connectivity index (χ2n) is 1.31. The predicted octanol–water partition coefficient (Wildman–Crippen LogP) is -0.0404. The molecule has 0 aromatic heterocycles. The first kappa shape index (κ1) is 7.19. The minimum Gasteiger partial charge on any atom is -0.380 e. The van der Waals surface area contributed by atoms with Crippen LogP contribution in [0.5, 0.6) is 0 Å². The number of hydrogen-bond acceptors (Lipinski definition) is 2. The van der Waals surface area contributed by atoms with Crippen molar-refractivity contribution in [1.29, 1.82) is 0 Å². The number of carbonyl (C=O) groups excluding carboxylic acids is 1. The molecule has 0 fully saturated rings. The van der Waals surface area contributed by atoms with E-state index >= 15 is 0 Å². The van der Waals surface area contributed by atoms with Crippen molar-refractivity contribution < 1.29 is 9.90 Å². The maximum absolute atomic E-state index is 9.66. The van der Waals surface area contributed by atoms with E-state index in [2.05, 4.69) is 11.8 Å². The highest BCUT2D eigenvalue weighted by atomic mass is 16.3. The average molecular weight is 112 g/mol. The third-order valence-electron chi connectivity index (χ3n) is 0.630. The fraction of sp³-hybridized carbons (Fsp3) is 0.500. The van der Waals surface area contributed by atoms with E-state index in [0.717, 1.165) is 0 Å². The molecule has 2 heteroatoms. The molecule has 0 heterocycles. The molecule has 0 spiro atoms. The number of rotatable bonds is 2. The van der Waals surface area contributed by atoms with E-state index < -0.39 is 6.10 Å². The minimum atomic E-state index is -0.766. The standard InChI is InChI=1S/C6H8O2/c1-2-3-6(8)4-5-7/h5-6,8H,4H2,1H3. The van der Waals surface area contributed by atoms with Gasteiger partial charge in [0.1, 0.15) is 12.4 Å². The van der Waals surface area contributed by atoms with Crippen LogP contribution in [0.4, 0.5) is 0 Å². The lowest BCUT2D eigenvalue weighted by molar-refractivity contribution is -0.108. The summed E-state index contributed by atoms with van der Waals surface area (Å²) in [4.78, 5) is 9.66. The van der Waals surface area contributed by atoms with Crippen LogP contribution >= 0.6 is 0 Å². The van der Waals surface area contributed by atoms with Gasteiger partial charge in [-0.15, -0.1) is 5.92 Å². The van der Waals surface area contributed by atoms with Crippen LogP contribution in [0, 0.1) is 11.8 Å². The van der Waals surface area contributed by atoms with Crippen molar-refractivity contribution in [3.05, 3.63) is 0 Å². The van der Waals surface area contributed by atoms with E-state index in [1.807, 2.05) is 0 Å². The van der Waals surface area contributed by atoms with Crippen molar-refractivity contribution in [2.45, 2.75) is 19.4 Å². The summed E-state index contributed by atoms with van der Waals surface area (Å²) < 4.78 is 0. The number of carbonyl (C=O) groups is 1. The molecule has 1 N–H and O–H groups in total. The van der Waals surface area contributed by atoms with Gasteiger partial charge in [0, 0.05) is 6.42 Å². The molecule has 44 valence electrons. The van der Waals surface area contributed by atoms with Crippen LogP contribution in [0.15, 0.2) is 0 Å². The Morgan fingerprint density at radius 3 is 2.88 bits per heavy atom. The van der Waals surface area contributed by atoms with E-state index in [4.69, 9.17) is 5.11 Å². The summed E-state index contributed by atoms with van der Waals surface area (Å²) in [7, 11) is 0. The molecule has 2 nitrogen and oxygen atoms in total. The van der Waals surface area contributed by atoms with Crippen molar-refractivity contribution in [3.63, 3.8) is 0 Å². The van der Waals surface area contributed by atoms with Crippen molar-refractivity contribution in [2.24, 2.45) is 0 Å². The van der Waals surface area contributed by atoms with E-state index in [1.165, 1.54) is 0 Å². The number of aliphatic hydroxyl groups is 1. The predicted molar refractivity (Wildman–Crippen MR) is 30.1 cm³/mol. The second kappa shape index (κ2) is 4.35. The van der Waals surface area contributed by atoms with Crippen LogP contribution in [0.3, 0.4) is 0 Å². The molecule has 0 aromatic carbocycles. The van der Waals surface area contributed by atoms with Crippen LogP contribution in [0.2, 0.25) is 0 Å². The topological polar surface area (TPSA) is 37.3 Å². The summed E-state index contributed by atoms with van der Waals surface area (Å²) in [5, 5.41) is 8.64. The number of aliphatic hydroxyl groups excluding tert-OH is 1. The molecular formula is C6H8O2. The van der Waals surface area contributed by atoms with Crippen molar-refractivity contribution in [1.82, 2.24) is 0 Å². The normalized spacial score (nSPS) is 11.2. The Morgan fingerprint density at radius 2 is 2.50 bits per heavy atom. The molecule has 0 amide bonds. The monoisotopic (exact) mass is 112 g/mol. The molecule has 0 bridgehead atoms. The molecule has 1 atom stereocenters. The van der Waals surface area contributed by atoms with Crippen molar-refractivity contribution in [2.75, 3.05) is 0 Å². The van der Waals surface area contributed by atoms with Gasteiger partial charge in [0.2, 0.25) is 0 Å². The molecule has 8 heavy (non-hydrogen) atoms. The molecule has 0 aliphatic carbocycles. The minimum absolute atomic E-state index is 0.112. The summed E-state index contributed by atoms with van der Waals surface area (Å²) in [6.45, 7) is 1.62. The van der Waals surface area contributed by atoms with Crippen molar-refractivity contribution >= 4 is 6.29 Å². The lowest BCUT2D eigenvalue weighted by atomic mass is 10.3. The van der Waals surface area contributed by atoms with Gasteiger partial charge in [0.05, 0.1) is 0 Å².